The van der Waals surface area contributed by atoms with E-state index in [4.69, 9.17) is 9.79 Å². The number of aromatic amines is 1. The molecule has 0 aliphatic carbocycles. The van der Waals surface area contributed by atoms with Crippen molar-refractivity contribution in [3.8, 4) is 0 Å². The van der Waals surface area contributed by atoms with Gasteiger partial charge in [0.25, 0.3) is 5.91 Å². The van der Waals surface area contributed by atoms with Gasteiger partial charge in [-0.25, -0.2) is 0 Å². The number of pyridine rings is 1. The van der Waals surface area contributed by atoms with Gasteiger partial charge < -0.3 is 30.3 Å². The number of aromatic nitrogens is 1. The summed E-state index contributed by atoms with van der Waals surface area (Å²) in [5.74, 6) is -1.31. The van der Waals surface area contributed by atoms with Gasteiger partial charge in [-0.2, -0.15) is 8.78 Å². The Hall–Kier alpha value is -3.45. The highest BCUT2D eigenvalue weighted by molar-refractivity contribution is 7.52. The van der Waals surface area contributed by atoms with Crippen molar-refractivity contribution in [3.63, 3.8) is 0 Å². The zero-order valence-corrected chi connectivity index (χ0v) is 24.8. The molecule has 4 heterocycles. The van der Waals surface area contributed by atoms with Gasteiger partial charge in [0, 0.05) is 28.6 Å². The summed E-state index contributed by atoms with van der Waals surface area (Å²) >= 11 is 0.997. The Kier molecular flexibility index (Phi) is 8.59. The van der Waals surface area contributed by atoms with Crippen LogP contribution in [-0.2, 0) is 19.8 Å². The van der Waals surface area contributed by atoms with Crippen LogP contribution in [-0.4, -0.2) is 55.5 Å². The van der Waals surface area contributed by atoms with Gasteiger partial charge in [0.15, 0.2) is 0 Å². The molecule has 11 nitrogen and oxygen atoms in total. The Balaban J connectivity index is 1.32. The number of H-pyrrole nitrogens is 1. The maximum Gasteiger partial charge on any atom is 0.399 e. The monoisotopic (exact) mass is 636 g/mol. The van der Waals surface area contributed by atoms with E-state index < -0.39 is 42.9 Å². The largest absolute Gasteiger partial charge is 0.399 e. The second-order valence-electron chi connectivity index (χ2n) is 11.0. The average molecular weight is 637 g/mol. The molecule has 2 aliphatic heterocycles. The van der Waals surface area contributed by atoms with E-state index in [-0.39, 0.29) is 33.7 Å². The lowest BCUT2D eigenvalue weighted by atomic mass is 9.99. The fraction of sp³-hybridized carbons (Fsp3) is 0.429. The summed E-state index contributed by atoms with van der Waals surface area (Å²) < 4.78 is 40.2. The first kappa shape index (κ1) is 31.0. The summed E-state index contributed by atoms with van der Waals surface area (Å²) in [4.78, 5) is 74.5. The quantitative estimate of drug-likeness (QED) is 0.246. The Labute approximate surface area is 248 Å². The van der Waals surface area contributed by atoms with Gasteiger partial charge in [0.2, 0.25) is 17.4 Å². The maximum absolute atomic E-state index is 14.2. The summed E-state index contributed by atoms with van der Waals surface area (Å²) in [6.07, 6.45) is 5.17. The first-order valence-corrected chi connectivity index (χ1v) is 16.3. The SMILES string of the molecule is CC(NC(=O)[C@@H]1CC[C@@H]2CCCC[C@H](NC(=O)c3cc4cc(C(F)(F)P(=O)(O)O)ccc4s3)C(=O)N21)c1cc[nH]c(=O)c1. The number of rotatable bonds is 7. The van der Waals surface area contributed by atoms with E-state index in [2.05, 4.69) is 15.6 Å². The first-order chi connectivity index (χ1) is 20.3. The molecule has 2 fully saturated rings. The molecule has 4 atom stereocenters. The van der Waals surface area contributed by atoms with Crippen molar-refractivity contribution in [2.45, 2.75) is 75.3 Å². The standard InChI is InChI=1S/C28H31F2N4O7PS/c1-15(16-10-11-31-24(35)14-16)32-25(36)21-8-7-19-4-2-3-5-20(27(38)34(19)21)33-26(37)23-13-17-12-18(6-9-22(17)43-23)28(29,30)42(39,40)41/h6,9-15,19-21H,2-5,7-8H2,1H3,(H,31,35)(H,32,36)(H,33,37)(H2,39,40,41)/t15?,19-,20-,21-/m0/s1. The molecule has 3 amide bonds. The van der Waals surface area contributed by atoms with Crippen LogP contribution in [0, 0.1) is 0 Å². The summed E-state index contributed by atoms with van der Waals surface area (Å²) in [6.45, 7) is 1.75. The van der Waals surface area contributed by atoms with Crippen molar-refractivity contribution in [2.24, 2.45) is 0 Å². The zero-order chi connectivity index (χ0) is 31.1. The summed E-state index contributed by atoms with van der Waals surface area (Å²) in [5.41, 5.74) is -4.93. The number of fused-ring (bicyclic) bond motifs is 2. The summed E-state index contributed by atoms with van der Waals surface area (Å²) in [7, 11) is -5.76. The number of alkyl halides is 2. The molecule has 2 aromatic heterocycles. The second-order valence-corrected chi connectivity index (χ2v) is 13.7. The van der Waals surface area contributed by atoms with Crippen LogP contribution in [0.1, 0.15) is 72.3 Å². The van der Waals surface area contributed by atoms with E-state index in [0.717, 1.165) is 36.3 Å². The molecule has 2 aliphatic rings. The number of carbonyl (C=O) groups excluding carboxylic acids is 3. The Morgan fingerprint density at radius 3 is 2.56 bits per heavy atom. The van der Waals surface area contributed by atoms with E-state index in [1.807, 2.05) is 0 Å². The van der Waals surface area contributed by atoms with Crippen LogP contribution in [0.4, 0.5) is 8.78 Å². The number of hydrogen-bond acceptors (Lipinski definition) is 6. The lowest BCUT2D eigenvalue weighted by molar-refractivity contribution is -0.143. The molecular formula is C28H31F2N4O7PS. The molecule has 2 saturated heterocycles. The Morgan fingerprint density at radius 2 is 1.84 bits per heavy atom. The summed E-state index contributed by atoms with van der Waals surface area (Å²) in [5, 5.41) is 5.87. The number of nitrogens with one attached hydrogen (secondary N) is 3. The number of halogens is 2. The van der Waals surface area contributed by atoms with Crippen molar-refractivity contribution in [1.82, 2.24) is 20.5 Å². The van der Waals surface area contributed by atoms with E-state index in [9.17, 15) is 32.5 Å². The van der Waals surface area contributed by atoms with Crippen LogP contribution in [0.25, 0.3) is 10.1 Å². The third kappa shape index (κ3) is 6.28. The van der Waals surface area contributed by atoms with Gasteiger partial charge in [0.1, 0.15) is 12.1 Å². The third-order valence-corrected chi connectivity index (χ3v) is 10.2. The van der Waals surface area contributed by atoms with Crippen LogP contribution in [0.15, 0.2) is 47.4 Å². The number of benzene rings is 1. The molecular weight excluding hydrogens is 605 g/mol. The Morgan fingerprint density at radius 1 is 1.09 bits per heavy atom. The predicted molar refractivity (Wildman–Crippen MR) is 155 cm³/mol. The van der Waals surface area contributed by atoms with Gasteiger partial charge >= 0.3 is 13.3 Å². The fourth-order valence-corrected chi connectivity index (χ4v) is 7.21. The average Bonchev–Trinajstić information content (AvgIpc) is 3.56. The van der Waals surface area contributed by atoms with Crippen molar-refractivity contribution < 1.29 is 37.5 Å². The molecule has 43 heavy (non-hydrogen) atoms. The minimum atomic E-state index is -5.76. The molecule has 5 rings (SSSR count). The van der Waals surface area contributed by atoms with Crippen LogP contribution in [0.3, 0.4) is 0 Å². The van der Waals surface area contributed by atoms with Crippen molar-refractivity contribution >= 4 is 46.7 Å². The van der Waals surface area contributed by atoms with Crippen molar-refractivity contribution in [1.29, 1.82) is 0 Å². The number of carbonyl (C=O) groups is 3. The lowest BCUT2D eigenvalue weighted by Gasteiger charge is -2.35. The van der Waals surface area contributed by atoms with Gasteiger partial charge in [0.05, 0.1) is 10.9 Å². The smallest absolute Gasteiger partial charge is 0.348 e. The third-order valence-electron chi connectivity index (χ3n) is 8.05. The van der Waals surface area contributed by atoms with E-state index in [0.29, 0.717) is 35.9 Å². The molecule has 230 valence electrons. The molecule has 0 bridgehead atoms. The van der Waals surface area contributed by atoms with Crippen LogP contribution in [0.5, 0.6) is 0 Å². The van der Waals surface area contributed by atoms with E-state index in [1.54, 1.807) is 17.9 Å². The van der Waals surface area contributed by atoms with Crippen LogP contribution < -0.4 is 16.2 Å². The lowest BCUT2D eigenvalue weighted by Crippen LogP contribution is -2.56. The number of hydrogen-bond donors (Lipinski definition) is 5. The molecule has 1 unspecified atom stereocenters. The van der Waals surface area contributed by atoms with Crippen LogP contribution >= 0.6 is 18.9 Å². The number of thiophene rings is 1. The Bertz CT molecular complexity index is 1670. The van der Waals surface area contributed by atoms with Crippen LogP contribution in [0.2, 0.25) is 0 Å². The molecule has 5 N–H and O–H groups in total. The minimum Gasteiger partial charge on any atom is -0.348 e. The van der Waals surface area contributed by atoms with Gasteiger partial charge in [-0.05, 0) is 67.8 Å². The molecule has 0 radical (unpaired) electrons. The molecule has 1 aromatic carbocycles. The van der Waals surface area contributed by atoms with E-state index >= 15 is 0 Å². The highest BCUT2D eigenvalue weighted by Crippen LogP contribution is 2.59. The highest BCUT2D eigenvalue weighted by Gasteiger charge is 2.50. The number of nitrogens with zero attached hydrogens (tertiary/aromatic N) is 1. The normalized spacial score (nSPS) is 22.0. The minimum absolute atomic E-state index is 0.139. The number of amides is 3. The first-order valence-electron chi connectivity index (χ1n) is 13.9. The highest BCUT2D eigenvalue weighted by atomic mass is 32.1. The predicted octanol–water partition coefficient (Wildman–Crippen LogP) is 3.73. The van der Waals surface area contributed by atoms with E-state index in [1.165, 1.54) is 24.4 Å². The second kappa shape index (κ2) is 11.9. The molecule has 0 spiro atoms. The van der Waals surface area contributed by atoms with Gasteiger partial charge in [-0.15, -0.1) is 11.3 Å². The molecule has 15 heteroatoms. The molecule has 0 saturated carbocycles. The van der Waals surface area contributed by atoms with Gasteiger partial charge in [-0.3, -0.25) is 23.7 Å². The fourth-order valence-electron chi connectivity index (χ4n) is 5.79. The summed E-state index contributed by atoms with van der Waals surface area (Å²) in [6, 6.07) is 5.27. The maximum atomic E-state index is 14.2. The topological polar surface area (TPSA) is 169 Å². The van der Waals surface area contributed by atoms with Gasteiger partial charge in [-0.1, -0.05) is 18.9 Å². The van der Waals surface area contributed by atoms with Crippen molar-refractivity contribution in [3.05, 3.63) is 69.0 Å². The zero-order valence-electron chi connectivity index (χ0n) is 23.1. The van der Waals surface area contributed by atoms with Crippen molar-refractivity contribution in [2.75, 3.05) is 0 Å². The molecule has 3 aromatic rings.